The summed E-state index contributed by atoms with van der Waals surface area (Å²) >= 11 is 5.30. The van der Waals surface area contributed by atoms with E-state index in [-0.39, 0.29) is 0 Å². The number of aromatic amines is 1. The minimum absolute atomic E-state index is 0.654. The molecule has 3 N–H and O–H groups in total. The van der Waals surface area contributed by atoms with Crippen molar-refractivity contribution in [1.29, 1.82) is 0 Å². The highest BCUT2D eigenvalue weighted by Gasteiger charge is 2.03. The minimum atomic E-state index is 0.654. The number of hydrogen-bond acceptors (Lipinski definition) is 1. The topological polar surface area (TPSA) is 39.9 Å². The van der Waals surface area contributed by atoms with E-state index >= 15 is 0 Å². The molecule has 0 unspecified atom stereocenters. The van der Waals surface area contributed by atoms with E-state index in [0.717, 1.165) is 18.7 Å². The molecule has 2 aromatic carbocycles. The lowest BCUT2D eigenvalue weighted by atomic mass is 10.1. The van der Waals surface area contributed by atoms with Gasteiger partial charge in [-0.1, -0.05) is 36.4 Å². The molecule has 0 fully saturated rings. The maximum Gasteiger partial charge on any atom is 0.170 e. The SMILES string of the molecule is S=C(NCCc1c[nH]c2ccccc12)Nc1ccccc1. The number of H-pyrrole nitrogens is 1. The quantitative estimate of drug-likeness (QED) is 0.643. The summed E-state index contributed by atoms with van der Waals surface area (Å²) in [5.74, 6) is 0. The van der Waals surface area contributed by atoms with Crippen LogP contribution in [0.5, 0.6) is 0 Å². The summed E-state index contributed by atoms with van der Waals surface area (Å²) in [6, 6.07) is 18.3. The number of thiocarbonyl (C=S) groups is 1. The zero-order valence-electron chi connectivity index (χ0n) is 11.6. The standard InChI is InChI=1S/C17H17N3S/c21-17(20-14-6-2-1-3-7-14)18-11-10-13-12-19-16-9-5-4-8-15(13)16/h1-9,12,19H,10-11H2,(H2,18,20,21). The predicted molar refractivity (Wildman–Crippen MR) is 92.7 cm³/mol. The van der Waals surface area contributed by atoms with Crippen molar-refractivity contribution in [2.45, 2.75) is 6.42 Å². The molecule has 3 aromatic rings. The summed E-state index contributed by atoms with van der Waals surface area (Å²) in [5, 5.41) is 8.34. The molecule has 0 radical (unpaired) electrons. The van der Waals surface area contributed by atoms with Crippen LogP contribution < -0.4 is 10.6 Å². The van der Waals surface area contributed by atoms with Gasteiger partial charge in [0.25, 0.3) is 0 Å². The van der Waals surface area contributed by atoms with E-state index in [1.54, 1.807) is 0 Å². The molecule has 4 heteroatoms. The Morgan fingerprint density at radius 3 is 2.62 bits per heavy atom. The van der Waals surface area contributed by atoms with Gasteiger partial charge in [-0.05, 0) is 42.4 Å². The summed E-state index contributed by atoms with van der Waals surface area (Å²) < 4.78 is 0. The Labute approximate surface area is 129 Å². The molecule has 0 aliphatic heterocycles. The first-order valence-electron chi connectivity index (χ1n) is 6.98. The molecule has 21 heavy (non-hydrogen) atoms. The normalized spacial score (nSPS) is 10.5. The third-order valence-electron chi connectivity index (χ3n) is 3.39. The Bertz CT molecular complexity index is 734. The highest BCUT2D eigenvalue weighted by molar-refractivity contribution is 7.80. The fourth-order valence-corrected chi connectivity index (χ4v) is 2.57. The fourth-order valence-electron chi connectivity index (χ4n) is 2.35. The molecule has 1 aromatic heterocycles. The molecular formula is C17H17N3S. The second-order valence-corrected chi connectivity index (χ2v) is 5.26. The first-order valence-corrected chi connectivity index (χ1v) is 7.38. The van der Waals surface area contributed by atoms with Crippen LogP contribution in [0.2, 0.25) is 0 Å². The van der Waals surface area contributed by atoms with Crippen LogP contribution in [0.25, 0.3) is 10.9 Å². The lowest BCUT2D eigenvalue weighted by Crippen LogP contribution is -2.30. The lowest BCUT2D eigenvalue weighted by molar-refractivity contribution is 0.878. The predicted octanol–water partition coefficient (Wildman–Crippen LogP) is 3.70. The molecule has 0 saturated heterocycles. The summed E-state index contributed by atoms with van der Waals surface area (Å²) in [6.07, 6.45) is 3.00. The highest BCUT2D eigenvalue weighted by atomic mass is 32.1. The molecule has 3 nitrogen and oxygen atoms in total. The average molecular weight is 295 g/mol. The summed E-state index contributed by atoms with van der Waals surface area (Å²) in [5.41, 5.74) is 3.49. The highest BCUT2D eigenvalue weighted by Crippen LogP contribution is 2.17. The number of fused-ring (bicyclic) bond motifs is 1. The van der Waals surface area contributed by atoms with Crippen LogP contribution in [0.3, 0.4) is 0 Å². The van der Waals surface area contributed by atoms with Crippen molar-refractivity contribution in [1.82, 2.24) is 10.3 Å². The lowest BCUT2D eigenvalue weighted by Gasteiger charge is -2.10. The third-order valence-corrected chi connectivity index (χ3v) is 3.63. The molecule has 3 rings (SSSR count). The number of para-hydroxylation sites is 2. The number of anilines is 1. The largest absolute Gasteiger partial charge is 0.362 e. The molecule has 106 valence electrons. The Morgan fingerprint density at radius 1 is 1.00 bits per heavy atom. The van der Waals surface area contributed by atoms with E-state index in [1.165, 1.54) is 16.5 Å². The molecule has 0 spiro atoms. The first-order chi connectivity index (χ1) is 10.3. The van der Waals surface area contributed by atoms with Gasteiger partial charge in [0.2, 0.25) is 0 Å². The minimum Gasteiger partial charge on any atom is -0.362 e. The van der Waals surface area contributed by atoms with Crippen LogP contribution in [0.4, 0.5) is 5.69 Å². The maximum atomic E-state index is 5.30. The molecule has 0 bridgehead atoms. The van der Waals surface area contributed by atoms with E-state index < -0.39 is 0 Å². The Morgan fingerprint density at radius 2 is 1.76 bits per heavy atom. The second-order valence-electron chi connectivity index (χ2n) is 4.86. The summed E-state index contributed by atoms with van der Waals surface area (Å²) in [6.45, 7) is 0.806. The molecule has 0 amide bonds. The average Bonchev–Trinajstić information content (AvgIpc) is 2.92. The van der Waals surface area contributed by atoms with E-state index in [1.807, 2.05) is 36.4 Å². The molecule has 1 heterocycles. The van der Waals surface area contributed by atoms with Gasteiger partial charge in [0.1, 0.15) is 0 Å². The summed E-state index contributed by atoms with van der Waals surface area (Å²) in [4.78, 5) is 3.29. The van der Waals surface area contributed by atoms with Gasteiger partial charge in [0.05, 0.1) is 0 Å². The van der Waals surface area contributed by atoms with Gasteiger partial charge < -0.3 is 15.6 Å². The molecule has 0 aliphatic carbocycles. The van der Waals surface area contributed by atoms with Crippen LogP contribution >= 0.6 is 12.2 Å². The second kappa shape index (κ2) is 6.41. The van der Waals surface area contributed by atoms with Gasteiger partial charge in [-0.15, -0.1) is 0 Å². The smallest absolute Gasteiger partial charge is 0.170 e. The summed E-state index contributed by atoms with van der Waals surface area (Å²) in [7, 11) is 0. The van der Waals surface area contributed by atoms with Crippen molar-refractivity contribution < 1.29 is 0 Å². The van der Waals surface area contributed by atoms with Crippen molar-refractivity contribution >= 4 is 33.9 Å². The zero-order chi connectivity index (χ0) is 14.5. The molecule has 0 aliphatic rings. The van der Waals surface area contributed by atoms with E-state index in [9.17, 15) is 0 Å². The van der Waals surface area contributed by atoms with Crippen molar-refractivity contribution in [3.63, 3.8) is 0 Å². The number of aromatic nitrogens is 1. The van der Waals surface area contributed by atoms with Crippen molar-refractivity contribution in [2.75, 3.05) is 11.9 Å². The van der Waals surface area contributed by atoms with Crippen LogP contribution in [0.15, 0.2) is 60.8 Å². The van der Waals surface area contributed by atoms with Gasteiger partial charge in [-0.25, -0.2) is 0 Å². The maximum absolute atomic E-state index is 5.30. The zero-order valence-corrected chi connectivity index (χ0v) is 12.4. The van der Waals surface area contributed by atoms with Crippen LogP contribution in [0.1, 0.15) is 5.56 Å². The first kappa shape index (κ1) is 13.6. The van der Waals surface area contributed by atoms with Gasteiger partial charge in [0.15, 0.2) is 5.11 Å². The Kier molecular flexibility index (Phi) is 4.17. The van der Waals surface area contributed by atoms with Crippen LogP contribution in [0, 0.1) is 0 Å². The van der Waals surface area contributed by atoms with Crippen molar-refractivity contribution in [2.24, 2.45) is 0 Å². The number of hydrogen-bond donors (Lipinski definition) is 3. The number of benzene rings is 2. The fraction of sp³-hybridized carbons (Fsp3) is 0.118. The molecule has 0 saturated carbocycles. The van der Waals surface area contributed by atoms with Gasteiger partial charge in [0, 0.05) is 29.3 Å². The monoisotopic (exact) mass is 295 g/mol. The van der Waals surface area contributed by atoms with Crippen molar-refractivity contribution in [3.8, 4) is 0 Å². The molecule has 0 atom stereocenters. The Balaban J connectivity index is 1.53. The van der Waals surface area contributed by atoms with E-state index in [0.29, 0.717) is 5.11 Å². The van der Waals surface area contributed by atoms with Crippen LogP contribution in [-0.2, 0) is 6.42 Å². The van der Waals surface area contributed by atoms with Gasteiger partial charge >= 0.3 is 0 Å². The number of nitrogens with one attached hydrogen (secondary N) is 3. The van der Waals surface area contributed by atoms with E-state index in [2.05, 4.69) is 40.0 Å². The van der Waals surface area contributed by atoms with Gasteiger partial charge in [-0.2, -0.15) is 0 Å². The van der Waals surface area contributed by atoms with Crippen molar-refractivity contribution in [3.05, 3.63) is 66.4 Å². The number of rotatable bonds is 4. The van der Waals surface area contributed by atoms with Gasteiger partial charge in [-0.3, -0.25) is 0 Å². The van der Waals surface area contributed by atoms with E-state index in [4.69, 9.17) is 12.2 Å². The molecular weight excluding hydrogens is 278 g/mol. The van der Waals surface area contributed by atoms with Crippen LogP contribution in [-0.4, -0.2) is 16.6 Å². The Hall–Kier alpha value is -2.33. The third kappa shape index (κ3) is 3.41.